The van der Waals surface area contributed by atoms with Gasteiger partial charge in [0, 0.05) is 6.07 Å². The molecule has 2 aromatic rings. The largest absolute Gasteiger partial charge is 0.322 e. The van der Waals surface area contributed by atoms with E-state index in [-0.39, 0.29) is 11.3 Å². The Morgan fingerprint density at radius 1 is 1.19 bits per heavy atom. The number of carbonyl (C=O) groups is 1. The van der Waals surface area contributed by atoms with E-state index in [9.17, 15) is 23.7 Å². The quantitative estimate of drug-likeness (QED) is 0.695. The van der Waals surface area contributed by atoms with Crippen LogP contribution < -0.4 is 5.32 Å². The van der Waals surface area contributed by atoms with Gasteiger partial charge in [0.05, 0.1) is 22.2 Å². The molecule has 21 heavy (non-hydrogen) atoms. The summed E-state index contributed by atoms with van der Waals surface area (Å²) >= 11 is 0. The Morgan fingerprint density at radius 3 is 2.52 bits per heavy atom. The van der Waals surface area contributed by atoms with Crippen molar-refractivity contribution >= 4 is 17.3 Å². The zero-order valence-electron chi connectivity index (χ0n) is 10.9. The average Bonchev–Trinajstić information content (AvgIpc) is 2.37. The van der Waals surface area contributed by atoms with E-state index in [4.69, 9.17) is 0 Å². The number of hydrogen-bond acceptors (Lipinski definition) is 3. The number of nitrogens with zero attached hydrogens (tertiary/aromatic N) is 1. The van der Waals surface area contributed by atoms with Crippen LogP contribution in [0.2, 0.25) is 0 Å². The maximum absolute atomic E-state index is 13.6. The first-order chi connectivity index (χ1) is 9.86. The number of aryl methyl sites for hydroxylation is 1. The summed E-state index contributed by atoms with van der Waals surface area (Å²) in [7, 11) is 0. The number of non-ortho nitro benzene ring substituents is 1. The number of anilines is 1. The van der Waals surface area contributed by atoms with Gasteiger partial charge in [-0.1, -0.05) is 6.07 Å². The molecule has 0 unspecified atom stereocenters. The predicted molar refractivity (Wildman–Crippen MR) is 72.1 cm³/mol. The number of carbonyl (C=O) groups excluding carboxylic acids is 1. The minimum Gasteiger partial charge on any atom is -0.322 e. The molecule has 0 aliphatic rings. The van der Waals surface area contributed by atoms with Crippen molar-refractivity contribution in [2.75, 3.05) is 5.32 Å². The van der Waals surface area contributed by atoms with Crippen LogP contribution in [0.25, 0.3) is 0 Å². The lowest BCUT2D eigenvalue weighted by atomic mass is 10.1. The zero-order valence-corrected chi connectivity index (χ0v) is 10.9. The molecule has 7 heteroatoms. The van der Waals surface area contributed by atoms with Gasteiger partial charge in [0.25, 0.3) is 11.6 Å². The first-order valence-electron chi connectivity index (χ1n) is 5.89. The van der Waals surface area contributed by atoms with E-state index in [0.29, 0.717) is 5.56 Å². The summed E-state index contributed by atoms with van der Waals surface area (Å²) in [4.78, 5) is 21.7. The van der Waals surface area contributed by atoms with Gasteiger partial charge >= 0.3 is 0 Å². The van der Waals surface area contributed by atoms with E-state index >= 15 is 0 Å². The molecule has 0 heterocycles. The second-order valence-electron chi connectivity index (χ2n) is 4.39. The molecule has 0 fully saturated rings. The Bertz CT molecular complexity index is 732. The molecule has 108 valence electrons. The SMILES string of the molecule is Cc1ccc(C(=O)Nc2cc(F)cc([N+](=O)[O-])c2)c(F)c1. The molecule has 0 aromatic heterocycles. The molecular formula is C14H10F2N2O3. The second kappa shape index (κ2) is 5.66. The number of nitro groups is 1. The first-order valence-corrected chi connectivity index (χ1v) is 5.89. The normalized spacial score (nSPS) is 10.2. The molecule has 0 saturated carbocycles. The van der Waals surface area contributed by atoms with Crippen LogP contribution >= 0.6 is 0 Å². The standard InChI is InChI=1S/C14H10F2N2O3/c1-8-2-3-12(13(16)4-8)14(19)17-10-5-9(15)6-11(7-10)18(20)21/h2-7H,1H3,(H,17,19). The summed E-state index contributed by atoms with van der Waals surface area (Å²) in [5.41, 5.74) is -0.209. The zero-order chi connectivity index (χ0) is 15.6. The summed E-state index contributed by atoms with van der Waals surface area (Å²) in [6.07, 6.45) is 0. The fourth-order valence-corrected chi connectivity index (χ4v) is 1.75. The summed E-state index contributed by atoms with van der Waals surface area (Å²) in [6.45, 7) is 1.67. The average molecular weight is 292 g/mol. The highest BCUT2D eigenvalue weighted by atomic mass is 19.1. The van der Waals surface area contributed by atoms with Gasteiger partial charge in [-0.3, -0.25) is 14.9 Å². The van der Waals surface area contributed by atoms with E-state index in [1.807, 2.05) is 0 Å². The van der Waals surface area contributed by atoms with E-state index in [0.717, 1.165) is 18.2 Å². The molecule has 0 aliphatic heterocycles. The third-order valence-electron chi connectivity index (χ3n) is 2.72. The van der Waals surface area contributed by atoms with Crippen molar-refractivity contribution in [1.29, 1.82) is 0 Å². The third-order valence-corrected chi connectivity index (χ3v) is 2.72. The molecule has 2 aromatic carbocycles. The summed E-state index contributed by atoms with van der Waals surface area (Å²) < 4.78 is 26.9. The Kier molecular flexibility index (Phi) is 3.93. The fraction of sp³-hybridized carbons (Fsp3) is 0.0714. The van der Waals surface area contributed by atoms with Gasteiger partial charge < -0.3 is 5.32 Å². The summed E-state index contributed by atoms with van der Waals surface area (Å²) in [6, 6.07) is 6.65. The molecule has 1 N–H and O–H groups in total. The van der Waals surface area contributed by atoms with Gasteiger partial charge in [0.15, 0.2) is 0 Å². The van der Waals surface area contributed by atoms with Crippen molar-refractivity contribution in [1.82, 2.24) is 0 Å². The molecular weight excluding hydrogens is 282 g/mol. The number of rotatable bonds is 3. The lowest BCUT2D eigenvalue weighted by molar-refractivity contribution is -0.385. The van der Waals surface area contributed by atoms with E-state index in [1.54, 1.807) is 13.0 Å². The maximum atomic E-state index is 13.6. The highest BCUT2D eigenvalue weighted by Crippen LogP contribution is 2.21. The highest BCUT2D eigenvalue weighted by Gasteiger charge is 2.15. The van der Waals surface area contributed by atoms with Crippen LogP contribution in [-0.2, 0) is 0 Å². The van der Waals surface area contributed by atoms with Crippen LogP contribution in [-0.4, -0.2) is 10.8 Å². The number of halogens is 2. The second-order valence-corrected chi connectivity index (χ2v) is 4.39. The number of hydrogen-bond donors (Lipinski definition) is 1. The number of nitro benzene ring substituents is 1. The smallest absolute Gasteiger partial charge is 0.274 e. The molecule has 1 amide bonds. The van der Waals surface area contributed by atoms with E-state index in [2.05, 4.69) is 5.32 Å². The Labute approximate surface area is 118 Å². The molecule has 2 rings (SSSR count). The van der Waals surface area contributed by atoms with Gasteiger partial charge in [0.1, 0.15) is 11.6 Å². The van der Waals surface area contributed by atoms with Crippen LogP contribution in [0.15, 0.2) is 36.4 Å². The highest BCUT2D eigenvalue weighted by molar-refractivity contribution is 6.04. The summed E-state index contributed by atoms with van der Waals surface area (Å²) in [5.74, 6) is -2.41. The molecule has 5 nitrogen and oxygen atoms in total. The van der Waals surface area contributed by atoms with Crippen molar-refractivity contribution in [3.63, 3.8) is 0 Å². The minimum atomic E-state index is -0.871. The molecule has 0 bridgehead atoms. The molecule has 0 spiro atoms. The van der Waals surface area contributed by atoms with Crippen molar-refractivity contribution in [2.24, 2.45) is 0 Å². The van der Waals surface area contributed by atoms with Gasteiger partial charge in [-0.15, -0.1) is 0 Å². The predicted octanol–water partition coefficient (Wildman–Crippen LogP) is 3.43. The van der Waals surface area contributed by atoms with Gasteiger partial charge in [0.2, 0.25) is 0 Å². The van der Waals surface area contributed by atoms with Crippen LogP contribution in [0.4, 0.5) is 20.2 Å². The Balaban J connectivity index is 2.29. The van der Waals surface area contributed by atoms with Crippen molar-refractivity contribution in [3.8, 4) is 0 Å². The lowest BCUT2D eigenvalue weighted by Gasteiger charge is -2.07. The first kappa shape index (κ1) is 14.6. The fourth-order valence-electron chi connectivity index (χ4n) is 1.75. The molecule has 0 radical (unpaired) electrons. The molecule has 0 saturated heterocycles. The van der Waals surface area contributed by atoms with Crippen LogP contribution in [0.1, 0.15) is 15.9 Å². The van der Waals surface area contributed by atoms with Gasteiger partial charge in [-0.25, -0.2) is 8.78 Å². The number of benzene rings is 2. The van der Waals surface area contributed by atoms with Crippen LogP contribution in [0.5, 0.6) is 0 Å². The Morgan fingerprint density at radius 2 is 1.90 bits per heavy atom. The van der Waals surface area contributed by atoms with Crippen LogP contribution in [0.3, 0.4) is 0 Å². The number of nitrogens with one attached hydrogen (secondary N) is 1. The number of amides is 1. The maximum Gasteiger partial charge on any atom is 0.274 e. The van der Waals surface area contributed by atoms with E-state index in [1.165, 1.54) is 12.1 Å². The van der Waals surface area contributed by atoms with Crippen LogP contribution in [0, 0.1) is 28.7 Å². The topological polar surface area (TPSA) is 72.2 Å². The van der Waals surface area contributed by atoms with Crippen molar-refractivity contribution < 1.29 is 18.5 Å². The monoisotopic (exact) mass is 292 g/mol. The lowest BCUT2D eigenvalue weighted by Crippen LogP contribution is -2.14. The molecule has 0 atom stereocenters. The van der Waals surface area contributed by atoms with Crippen molar-refractivity contribution in [2.45, 2.75) is 6.92 Å². The molecule has 0 aliphatic carbocycles. The van der Waals surface area contributed by atoms with Gasteiger partial charge in [-0.2, -0.15) is 0 Å². The Hall–Kier alpha value is -2.83. The van der Waals surface area contributed by atoms with Crippen molar-refractivity contribution in [3.05, 3.63) is 69.3 Å². The minimum absolute atomic E-state index is 0.119. The third kappa shape index (κ3) is 3.38. The van der Waals surface area contributed by atoms with Gasteiger partial charge in [-0.05, 0) is 30.7 Å². The van der Waals surface area contributed by atoms with E-state index < -0.39 is 28.2 Å². The summed E-state index contributed by atoms with van der Waals surface area (Å²) in [5, 5.41) is 12.9.